The first-order chi connectivity index (χ1) is 14.9. The molecule has 0 radical (unpaired) electrons. The maximum absolute atomic E-state index is 13.1. The summed E-state index contributed by atoms with van der Waals surface area (Å²) < 4.78 is 10.6. The second-order valence-corrected chi connectivity index (χ2v) is 7.75. The van der Waals surface area contributed by atoms with Gasteiger partial charge in [0, 0.05) is 11.6 Å². The third-order valence-corrected chi connectivity index (χ3v) is 5.64. The van der Waals surface area contributed by atoms with E-state index >= 15 is 0 Å². The molecule has 2 aromatic rings. The number of likely N-dealkylation sites (tertiary alicyclic amines) is 1. The minimum absolute atomic E-state index is 0.0235. The number of hydrogen-bond donors (Lipinski definition) is 1. The molecule has 1 aliphatic rings. The minimum Gasteiger partial charge on any atom is -0.507 e. The van der Waals surface area contributed by atoms with Crippen molar-refractivity contribution in [3.8, 4) is 11.5 Å². The van der Waals surface area contributed by atoms with Crippen LogP contribution in [0.5, 0.6) is 11.5 Å². The van der Waals surface area contributed by atoms with Gasteiger partial charge < -0.3 is 19.5 Å². The third kappa shape index (κ3) is 4.54. The molecule has 3 rings (SSSR count). The zero-order chi connectivity index (χ0) is 22.5. The quantitative estimate of drug-likeness (QED) is 0.270. The Balaban J connectivity index is 2.18. The molecular formula is C24H26ClNO5. The van der Waals surface area contributed by atoms with E-state index in [9.17, 15) is 14.7 Å². The minimum atomic E-state index is -0.723. The van der Waals surface area contributed by atoms with Gasteiger partial charge in [0.2, 0.25) is 0 Å². The van der Waals surface area contributed by atoms with Crippen LogP contribution in [0, 0.1) is 0 Å². The van der Waals surface area contributed by atoms with Crippen molar-refractivity contribution < 1.29 is 24.2 Å². The summed E-state index contributed by atoms with van der Waals surface area (Å²) in [6.45, 7) is 2.48. The number of methoxy groups -OCH3 is 2. The van der Waals surface area contributed by atoms with Crippen LogP contribution in [-0.2, 0) is 9.59 Å². The molecule has 7 heteroatoms. The lowest BCUT2D eigenvalue weighted by Gasteiger charge is -2.25. The number of amides is 1. The van der Waals surface area contributed by atoms with Gasteiger partial charge in [-0.25, -0.2) is 0 Å². The fraction of sp³-hybridized carbons (Fsp3) is 0.333. The van der Waals surface area contributed by atoms with Crippen LogP contribution in [0.1, 0.15) is 43.4 Å². The van der Waals surface area contributed by atoms with Gasteiger partial charge >= 0.3 is 0 Å². The molecule has 1 unspecified atom stereocenters. The lowest BCUT2D eigenvalue weighted by molar-refractivity contribution is -0.139. The van der Waals surface area contributed by atoms with E-state index in [0.29, 0.717) is 28.6 Å². The predicted octanol–water partition coefficient (Wildman–Crippen LogP) is 4.97. The summed E-state index contributed by atoms with van der Waals surface area (Å²) in [7, 11) is 2.98. The average molecular weight is 444 g/mol. The fourth-order valence-electron chi connectivity index (χ4n) is 3.78. The van der Waals surface area contributed by atoms with Crippen LogP contribution >= 0.6 is 11.6 Å². The highest BCUT2D eigenvalue weighted by Crippen LogP contribution is 2.42. The molecular weight excluding hydrogens is 418 g/mol. The van der Waals surface area contributed by atoms with Gasteiger partial charge in [-0.2, -0.15) is 0 Å². The first kappa shape index (κ1) is 22.7. The van der Waals surface area contributed by atoms with Gasteiger partial charge in [0.1, 0.15) is 17.3 Å². The van der Waals surface area contributed by atoms with Crippen molar-refractivity contribution in [2.45, 2.75) is 32.2 Å². The number of hydrogen-bond acceptors (Lipinski definition) is 5. The number of carbonyl (C=O) groups excluding carboxylic acids is 2. The number of rotatable bonds is 8. The molecule has 1 N–H and O–H groups in total. The van der Waals surface area contributed by atoms with Crippen molar-refractivity contribution in [3.63, 3.8) is 0 Å². The molecule has 1 amide bonds. The van der Waals surface area contributed by atoms with Crippen LogP contribution in [-0.4, -0.2) is 42.5 Å². The zero-order valence-corrected chi connectivity index (χ0v) is 18.6. The molecule has 0 aromatic heterocycles. The Bertz CT molecular complexity index is 1000. The first-order valence-corrected chi connectivity index (χ1v) is 10.6. The second-order valence-electron chi connectivity index (χ2n) is 7.32. The number of benzene rings is 2. The summed E-state index contributed by atoms with van der Waals surface area (Å²) in [5, 5.41) is 11.8. The van der Waals surface area contributed by atoms with E-state index in [1.807, 2.05) is 0 Å². The lowest BCUT2D eigenvalue weighted by atomic mass is 9.95. The molecule has 0 aliphatic carbocycles. The van der Waals surface area contributed by atoms with Gasteiger partial charge in [-0.05, 0) is 42.3 Å². The van der Waals surface area contributed by atoms with Crippen molar-refractivity contribution >= 4 is 29.1 Å². The Hall–Kier alpha value is -2.99. The Morgan fingerprint density at radius 2 is 1.77 bits per heavy atom. The summed E-state index contributed by atoms with van der Waals surface area (Å²) in [5.74, 6) is -0.793. The van der Waals surface area contributed by atoms with Crippen molar-refractivity contribution in [3.05, 3.63) is 64.2 Å². The third-order valence-electron chi connectivity index (χ3n) is 5.39. The Labute approximate surface area is 187 Å². The number of nitrogens with zero attached hydrogens (tertiary/aromatic N) is 1. The van der Waals surface area contributed by atoms with Crippen LogP contribution in [0.3, 0.4) is 0 Å². The van der Waals surface area contributed by atoms with Crippen molar-refractivity contribution in [1.82, 2.24) is 4.90 Å². The van der Waals surface area contributed by atoms with Crippen LogP contribution in [0.25, 0.3) is 5.76 Å². The lowest BCUT2D eigenvalue weighted by Crippen LogP contribution is -2.30. The van der Waals surface area contributed by atoms with E-state index in [-0.39, 0.29) is 16.9 Å². The number of unbranched alkanes of at least 4 members (excludes halogenated alkanes) is 2. The highest BCUT2D eigenvalue weighted by Gasteiger charge is 2.46. The van der Waals surface area contributed by atoms with Gasteiger partial charge in [-0.1, -0.05) is 43.5 Å². The van der Waals surface area contributed by atoms with Gasteiger partial charge in [0.25, 0.3) is 11.7 Å². The summed E-state index contributed by atoms with van der Waals surface area (Å²) in [6, 6.07) is 11.1. The molecule has 1 saturated heterocycles. The summed E-state index contributed by atoms with van der Waals surface area (Å²) in [6.07, 6.45) is 2.67. The molecule has 6 nitrogen and oxygen atoms in total. The molecule has 2 aromatic carbocycles. The van der Waals surface area contributed by atoms with Crippen LogP contribution in [0.2, 0.25) is 5.02 Å². The highest BCUT2D eigenvalue weighted by atomic mass is 35.5. The molecule has 1 aliphatic heterocycles. The van der Waals surface area contributed by atoms with E-state index in [1.165, 1.54) is 19.1 Å². The van der Waals surface area contributed by atoms with Crippen LogP contribution in [0.4, 0.5) is 0 Å². The molecule has 1 heterocycles. The standard InChI is InChI=1S/C24H26ClNO5/c1-4-5-6-13-26-21(15-7-9-16(25)10-8-15)20(23(28)24(26)29)22(27)18-14-17(30-2)11-12-19(18)31-3/h7-12,14,21,27H,4-6,13H2,1-3H3/b22-20+. The average Bonchev–Trinajstić information content (AvgIpc) is 3.03. The SMILES string of the molecule is CCCCCN1C(=O)C(=O)/C(=C(/O)c2cc(OC)ccc2OC)C1c1ccc(Cl)cc1. The van der Waals surface area contributed by atoms with E-state index < -0.39 is 17.7 Å². The smallest absolute Gasteiger partial charge is 0.295 e. The Morgan fingerprint density at radius 3 is 2.39 bits per heavy atom. The maximum Gasteiger partial charge on any atom is 0.295 e. The van der Waals surface area contributed by atoms with Gasteiger partial charge in [0.05, 0.1) is 31.4 Å². The van der Waals surface area contributed by atoms with E-state index in [4.69, 9.17) is 21.1 Å². The first-order valence-electron chi connectivity index (χ1n) is 10.2. The molecule has 0 spiro atoms. The predicted molar refractivity (Wildman–Crippen MR) is 120 cm³/mol. The second kappa shape index (κ2) is 9.88. The highest BCUT2D eigenvalue weighted by molar-refractivity contribution is 6.46. The monoisotopic (exact) mass is 443 g/mol. The van der Waals surface area contributed by atoms with Gasteiger partial charge in [-0.3, -0.25) is 9.59 Å². The number of halogens is 1. The zero-order valence-electron chi connectivity index (χ0n) is 17.9. The van der Waals surface area contributed by atoms with Crippen molar-refractivity contribution in [1.29, 1.82) is 0 Å². The Kier molecular flexibility index (Phi) is 7.23. The fourth-order valence-corrected chi connectivity index (χ4v) is 3.90. The topological polar surface area (TPSA) is 76.1 Å². The van der Waals surface area contributed by atoms with E-state index in [0.717, 1.165) is 19.3 Å². The molecule has 0 bridgehead atoms. The Morgan fingerprint density at radius 1 is 1.06 bits per heavy atom. The van der Waals surface area contributed by atoms with Crippen molar-refractivity contribution in [2.24, 2.45) is 0 Å². The van der Waals surface area contributed by atoms with Crippen molar-refractivity contribution in [2.75, 3.05) is 20.8 Å². The van der Waals surface area contributed by atoms with Gasteiger partial charge in [0.15, 0.2) is 0 Å². The maximum atomic E-state index is 13.1. The largest absolute Gasteiger partial charge is 0.507 e. The number of ketones is 1. The molecule has 31 heavy (non-hydrogen) atoms. The van der Waals surface area contributed by atoms with E-state index in [1.54, 1.807) is 42.5 Å². The number of Topliss-reactive ketones (excluding diaryl/α,β-unsaturated/α-hetero) is 1. The van der Waals surface area contributed by atoms with Gasteiger partial charge in [-0.15, -0.1) is 0 Å². The van der Waals surface area contributed by atoms with Crippen LogP contribution in [0.15, 0.2) is 48.0 Å². The van der Waals surface area contributed by atoms with E-state index in [2.05, 4.69) is 6.92 Å². The number of aliphatic hydroxyl groups excluding tert-OH is 1. The molecule has 1 atom stereocenters. The molecule has 164 valence electrons. The number of aliphatic hydroxyl groups is 1. The van der Waals surface area contributed by atoms with Crippen LogP contribution < -0.4 is 9.47 Å². The molecule has 0 saturated carbocycles. The summed E-state index contributed by atoms with van der Waals surface area (Å²) in [5.41, 5.74) is 1.01. The number of carbonyl (C=O) groups is 2. The summed E-state index contributed by atoms with van der Waals surface area (Å²) in [4.78, 5) is 27.5. The summed E-state index contributed by atoms with van der Waals surface area (Å²) >= 11 is 6.04. The number of ether oxygens (including phenoxy) is 2. The molecule has 1 fully saturated rings. The normalized spacial score (nSPS) is 17.8.